The smallest absolute Gasteiger partial charge is 0.0594 e. The monoisotopic (exact) mass is 228 g/mol. The third kappa shape index (κ3) is 7.20. The highest BCUT2D eigenvalue weighted by Gasteiger charge is 2.10. The average Bonchev–Trinajstić information content (AvgIpc) is 2.23. The van der Waals surface area contributed by atoms with Crippen LogP contribution in [0.15, 0.2) is 0 Å². The molecule has 1 fully saturated rings. The zero-order valence-corrected chi connectivity index (χ0v) is 11.2. The molecule has 3 heteroatoms. The second-order valence-electron chi connectivity index (χ2n) is 5.87. The summed E-state index contributed by atoms with van der Waals surface area (Å²) in [5, 5.41) is 3.52. The summed E-state index contributed by atoms with van der Waals surface area (Å²) in [6.07, 6.45) is 2.59. The molecular weight excluding hydrogens is 200 g/mol. The van der Waals surface area contributed by atoms with E-state index in [-0.39, 0.29) is 0 Å². The molecule has 0 radical (unpaired) electrons. The molecule has 96 valence electrons. The van der Waals surface area contributed by atoms with Crippen molar-refractivity contribution in [1.29, 1.82) is 0 Å². The summed E-state index contributed by atoms with van der Waals surface area (Å²) in [5.41, 5.74) is 0.478. The SMILES string of the molecule is CC(C)(C)CCCNCCN1CCOCC1. The lowest BCUT2D eigenvalue weighted by Crippen LogP contribution is -2.40. The minimum Gasteiger partial charge on any atom is -0.379 e. The summed E-state index contributed by atoms with van der Waals surface area (Å²) in [5.74, 6) is 0. The van der Waals surface area contributed by atoms with E-state index < -0.39 is 0 Å². The van der Waals surface area contributed by atoms with Crippen LogP contribution in [-0.4, -0.2) is 50.8 Å². The highest BCUT2D eigenvalue weighted by molar-refractivity contribution is 4.65. The second-order valence-corrected chi connectivity index (χ2v) is 5.87. The standard InChI is InChI=1S/C13H28N2O/c1-13(2,3)5-4-6-14-7-8-15-9-11-16-12-10-15/h14H,4-12H2,1-3H3. The zero-order chi connectivity index (χ0) is 11.9. The first-order valence-corrected chi connectivity index (χ1v) is 6.59. The molecule has 0 aliphatic carbocycles. The Labute approximate surface area is 101 Å². The van der Waals surface area contributed by atoms with E-state index in [0.717, 1.165) is 39.4 Å². The van der Waals surface area contributed by atoms with Crippen LogP contribution in [0, 0.1) is 5.41 Å². The fourth-order valence-electron chi connectivity index (χ4n) is 1.93. The first-order valence-electron chi connectivity index (χ1n) is 6.59. The fourth-order valence-corrected chi connectivity index (χ4v) is 1.93. The minimum absolute atomic E-state index is 0.478. The van der Waals surface area contributed by atoms with E-state index >= 15 is 0 Å². The topological polar surface area (TPSA) is 24.5 Å². The van der Waals surface area contributed by atoms with Gasteiger partial charge in [0.1, 0.15) is 0 Å². The van der Waals surface area contributed by atoms with Crippen LogP contribution in [0.4, 0.5) is 0 Å². The van der Waals surface area contributed by atoms with E-state index in [0.29, 0.717) is 5.41 Å². The van der Waals surface area contributed by atoms with Crippen LogP contribution in [-0.2, 0) is 4.74 Å². The maximum Gasteiger partial charge on any atom is 0.0594 e. The molecule has 1 rings (SSSR count). The van der Waals surface area contributed by atoms with Crippen LogP contribution in [0.5, 0.6) is 0 Å². The van der Waals surface area contributed by atoms with Crippen molar-refractivity contribution >= 4 is 0 Å². The van der Waals surface area contributed by atoms with Gasteiger partial charge in [-0.05, 0) is 24.8 Å². The Morgan fingerprint density at radius 3 is 2.44 bits per heavy atom. The maximum atomic E-state index is 5.32. The number of hydrogen-bond acceptors (Lipinski definition) is 3. The highest BCUT2D eigenvalue weighted by atomic mass is 16.5. The fraction of sp³-hybridized carbons (Fsp3) is 1.00. The number of nitrogens with zero attached hydrogens (tertiary/aromatic N) is 1. The van der Waals surface area contributed by atoms with E-state index in [4.69, 9.17) is 4.74 Å². The summed E-state index contributed by atoms with van der Waals surface area (Å²) in [4.78, 5) is 2.47. The molecular formula is C13H28N2O. The highest BCUT2D eigenvalue weighted by Crippen LogP contribution is 2.19. The van der Waals surface area contributed by atoms with Gasteiger partial charge in [-0.2, -0.15) is 0 Å². The molecule has 0 bridgehead atoms. The van der Waals surface area contributed by atoms with Gasteiger partial charge >= 0.3 is 0 Å². The van der Waals surface area contributed by atoms with Gasteiger partial charge in [0, 0.05) is 26.2 Å². The number of rotatable bonds is 6. The van der Waals surface area contributed by atoms with Crippen molar-refractivity contribution < 1.29 is 4.74 Å². The largest absolute Gasteiger partial charge is 0.379 e. The van der Waals surface area contributed by atoms with Crippen molar-refractivity contribution in [2.45, 2.75) is 33.6 Å². The molecule has 0 unspecified atom stereocenters. The van der Waals surface area contributed by atoms with Crippen LogP contribution >= 0.6 is 0 Å². The van der Waals surface area contributed by atoms with Gasteiger partial charge < -0.3 is 10.1 Å². The molecule has 1 heterocycles. The quantitative estimate of drug-likeness (QED) is 0.701. The number of nitrogens with one attached hydrogen (secondary N) is 1. The molecule has 0 spiro atoms. The lowest BCUT2D eigenvalue weighted by Gasteiger charge is -2.26. The van der Waals surface area contributed by atoms with Crippen LogP contribution in [0.2, 0.25) is 0 Å². The number of morpholine rings is 1. The van der Waals surface area contributed by atoms with E-state index in [1.807, 2.05) is 0 Å². The van der Waals surface area contributed by atoms with Crippen molar-refractivity contribution in [3.63, 3.8) is 0 Å². The Morgan fingerprint density at radius 2 is 1.81 bits per heavy atom. The molecule has 0 aromatic rings. The van der Waals surface area contributed by atoms with E-state index in [9.17, 15) is 0 Å². The molecule has 1 aliphatic rings. The summed E-state index contributed by atoms with van der Waals surface area (Å²) in [7, 11) is 0. The lowest BCUT2D eigenvalue weighted by atomic mass is 9.91. The molecule has 3 nitrogen and oxygen atoms in total. The van der Waals surface area contributed by atoms with E-state index in [1.54, 1.807) is 0 Å². The molecule has 0 amide bonds. The Bertz CT molecular complexity index is 171. The summed E-state index contributed by atoms with van der Waals surface area (Å²) >= 11 is 0. The maximum absolute atomic E-state index is 5.32. The van der Waals surface area contributed by atoms with Crippen LogP contribution in [0.25, 0.3) is 0 Å². The molecule has 0 aromatic heterocycles. The van der Waals surface area contributed by atoms with Crippen LogP contribution in [0.3, 0.4) is 0 Å². The van der Waals surface area contributed by atoms with E-state index in [2.05, 4.69) is 31.0 Å². The molecule has 0 atom stereocenters. The Kier molecular flexibility index (Phi) is 6.32. The van der Waals surface area contributed by atoms with Crippen LogP contribution < -0.4 is 5.32 Å². The minimum atomic E-state index is 0.478. The normalized spacial score (nSPS) is 18.9. The Hall–Kier alpha value is -0.120. The van der Waals surface area contributed by atoms with Gasteiger partial charge in [-0.15, -0.1) is 0 Å². The molecule has 1 saturated heterocycles. The van der Waals surface area contributed by atoms with Crippen molar-refractivity contribution in [2.24, 2.45) is 5.41 Å². The van der Waals surface area contributed by atoms with Crippen LogP contribution in [0.1, 0.15) is 33.6 Å². The molecule has 0 aromatic carbocycles. The third-order valence-electron chi connectivity index (χ3n) is 2.99. The van der Waals surface area contributed by atoms with Crippen molar-refractivity contribution in [1.82, 2.24) is 10.2 Å². The van der Waals surface area contributed by atoms with Gasteiger partial charge in [0.15, 0.2) is 0 Å². The second kappa shape index (κ2) is 7.25. The summed E-state index contributed by atoms with van der Waals surface area (Å²) < 4.78 is 5.32. The van der Waals surface area contributed by atoms with Gasteiger partial charge in [0.25, 0.3) is 0 Å². The zero-order valence-electron chi connectivity index (χ0n) is 11.2. The Morgan fingerprint density at radius 1 is 1.12 bits per heavy atom. The van der Waals surface area contributed by atoms with Gasteiger partial charge in [-0.3, -0.25) is 4.90 Å². The molecule has 1 aliphatic heterocycles. The van der Waals surface area contributed by atoms with E-state index in [1.165, 1.54) is 19.4 Å². The summed E-state index contributed by atoms with van der Waals surface area (Å²) in [6.45, 7) is 14.4. The first-order chi connectivity index (χ1) is 7.58. The Balaban J connectivity index is 1.87. The average molecular weight is 228 g/mol. The molecule has 1 N–H and O–H groups in total. The van der Waals surface area contributed by atoms with Gasteiger partial charge in [-0.1, -0.05) is 20.8 Å². The van der Waals surface area contributed by atoms with Crippen molar-refractivity contribution in [3.05, 3.63) is 0 Å². The first kappa shape index (κ1) is 13.9. The van der Waals surface area contributed by atoms with Crippen molar-refractivity contribution in [2.75, 3.05) is 45.9 Å². The summed E-state index contributed by atoms with van der Waals surface area (Å²) in [6, 6.07) is 0. The third-order valence-corrected chi connectivity index (χ3v) is 2.99. The predicted octanol–water partition coefficient (Wildman–Crippen LogP) is 1.73. The van der Waals surface area contributed by atoms with Gasteiger partial charge in [0.05, 0.1) is 13.2 Å². The van der Waals surface area contributed by atoms with Gasteiger partial charge in [0.2, 0.25) is 0 Å². The lowest BCUT2D eigenvalue weighted by molar-refractivity contribution is 0.0384. The van der Waals surface area contributed by atoms with Gasteiger partial charge in [-0.25, -0.2) is 0 Å². The van der Waals surface area contributed by atoms with Crippen molar-refractivity contribution in [3.8, 4) is 0 Å². The number of ether oxygens (including phenoxy) is 1. The predicted molar refractivity (Wildman–Crippen MR) is 68.8 cm³/mol. The molecule has 16 heavy (non-hydrogen) atoms. The number of hydrogen-bond donors (Lipinski definition) is 1. The molecule has 0 saturated carbocycles.